The topological polar surface area (TPSA) is 88.5 Å². The first kappa shape index (κ1) is 21.1. The number of aliphatic carboxylic acids is 1. The number of ether oxygens (including phenoxy) is 1. The SMILES string of the molecule is O=C(N[C@H](Cc1ccc(OCc2ccccc2)cc1)C(=O)O)c1ccnc2ccccc12. The van der Waals surface area contributed by atoms with Crippen LogP contribution < -0.4 is 10.1 Å². The van der Waals surface area contributed by atoms with E-state index in [1.807, 2.05) is 60.7 Å². The summed E-state index contributed by atoms with van der Waals surface area (Å²) in [5, 5.41) is 13.0. The molecule has 0 aliphatic rings. The summed E-state index contributed by atoms with van der Waals surface area (Å²) in [5.41, 5.74) is 2.92. The molecule has 6 nitrogen and oxygen atoms in total. The highest BCUT2D eigenvalue weighted by atomic mass is 16.5. The minimum absolute atomic E-state index is 0.156. The van der Waals surface area contributed by atoms with E-state index in [1.165, 1.54) is 0 Å². The predicted molar refractivity (Wildman–Crippen MR) is 122 cm³/mol. The number of nitrogens with zero attached hydrogens (tertiary/aromatic N) is 1. The van der Waals surface area contributed by atoms with E-state index in [-0.39, 0.29) is 6.42 Å². The average molecular weight is 426 g/mol. The van der Waals surface area contributed by atoms with Crippen molar-refractivity contribution >= 4 is 22.8 Å². The van der Waals surface area contributed by atoms with E-state index in [0.717, 1.165) is 11.1 Å². The number of aromatic nitrogens is 1. The van der Waals surface area contributed by atoms with Crippen LogP contribution in [0.2, 0.25) is 0 Å². The maximum atomic E-state index is 12.8. The van der Waals surface area contributed by atoms with E-state index >= 15 is 0 Å². The van der Waals surface area contributed by atoms with Crippen molar-refractivity contribution < 1.29 is 19.4 Å². The highest BCUT2D eigenvalue weighted by Crippen LogP contribution is 2.18. The third-order valence-electron chi connectivity index (χ3n) is 5.11. The van der Waals surface area contributed by atoms with Crippen molar-refractivity contribution in [1.82, 2.24) is 10.3 Å². The number of carbonyl (C=O) groups is 2. The number of pyridine rings is 1. The van der Waals surface area contributed by atoms with Crippen molar-refractivity contribution in [1.29, 1.82) is 0 Å². The smallest absolute Gasteiger partial charge is 0.326 e. The Hall–Kier alpha value is -4.19. The maximum Gasteiger partial charge on any atom is 0.326 e. The van der Waals surface area contributed by atoms with Crippen molar-refractivity contribution in [2.24, 2.45) is 0 Å². The first-order valence-corrected chi connectivity index (χ1v) is 10.2. The van der Waals surface area contributed by atoms with Crippen LogP contribution in [0, 0.1) is 0 Å². The second-order valence-corrected chi connectivity index (χ2v) is 7.36. The Kier molecular flexibility index (Phi) is 6.41. The van der Waals surface area contributed by atoms with Gasteiger partial charge in [-0.05, 0) is 35.4 Å². The van der Waals surface area contributed by atoms with Crippen molar-refractivity contribution in [2.45, 2.75) is 19.1 Å². The van der Waals surface area contributed by atoms with Crippen LogP contribution in [0.15, 0.2) is 91.1 Å². The molecular weight excluding hydrogens is 404 g/mol. The van der Waals surface area contributed by atoms with Crippen LogP contribution in [0.5, 0.6) is 5.75 Å². The molecule has 0 fully saturated rings. The van der Waals surface area contributed by atoms with Crippen LogP contribution in [0.25, 0.3) is 10.9 Å². The quantitative estimate of drug-likeness (QED) is 0.440. The number of hydrogen-bond donors (Lipinski definition) is 2. The van der Waals surface area contributed by atoms with Gasteiger partial charge in [0.2, 0.25) is 0 Å². The van der Waals surface area contributed by atoms with Crippen LogP contribution in [-0.2, 0) is 17.8 Å². The van der Waals surface area contributed by atoms with Crippen LogP contribution in [0.4, 0.5) is 0 Å². The largest absolute Gasteiger partial charge is 0.489 e. The first-order valence-electron chi connectivity index (χ1n) is 10.2. The third kappa shape index (κ3) is 5.10. The summed E-state index contributed by atoms with van der Waals surface area (Å²) in [4.78, 5) is 28.9. The number of carboxylic acids is 1. The fourth-order valence-electron chi connectivity index (χ4n) is 3.43. The Morgan fingerprint density at radius 1 is 0.875 bits per heavy atom. The number of carboxylic acid groups (broad SMARTS) is 1. The van der Waals surface area contributed by atoms with Crippen LogP contribution in [0.1, 0.15) is 21.5 Å². The van der Waals surface area contributed by atoms with E-state index < -0.39 is 17.9 Å². The summed E-state index contributed by atoms with van der Waals surface area (Å²) in [7, 11) is 0. The molecule has 0 saturated carbocycles. The standard InChI is InChI=1S/C26H22N2O4/c29-25(22-14-15-27-23-9-5-4-8-21(22)23)28-24(26(30)31)16-18-10-12-20(13-11-18)32-17-19-6-2-1-3-7-19/h1-15,24H,16-17H2,(H,28,29)(H,30,31)/t24-/m1/s1. The lowest BCUT2D eigenvalue weighted by molar-refractivity contribution is -0.139. The normalized spacial score (nSPS) is 11.6. The van der Waals surface area contributed by atoms with Crippen molar-refractivity contribution in [2.75, 3.05) is 0 Å². The van der Waals surface area contributed by atoms with Crippen LogP contribution >= 0.6 is 0 Å². The van der Waals surface area contributed by atoms with Gasteiger partial charge in [0.25, 0.3) is 5.91 Å². The number of rotatable bonds is 8. The molecule has 0 radical (unpaired) electrons. The molecule has 0 unspecified atom stereocenters. The molecule has 0 aliphatic carbocycles. The summed E-state index contributed by atoms with van der Waals surface area (Å²) in [6.45, 7) is 0.452. The number of para-hydroxylation sites is 1. The molecule has 160 valence electrons. The predicted octanol–water partition coefficient (Wildman–Crippen LogP) is 4.24. The second-order valence-electron chi connectivity index (χ2n) is 7.36. The maximum absolute atomic E-state index is 12.8. The molecule has 0 spiro atoms. The van der Waals surface area contributed by atoms with E-state index in [4.69, 9.17) is 4.74 Å². The van der Waals surface area contributed by atoms with Gasteiger partial charge in [0.15, 0.2) is 0 Å². The number of amides is 1. The second kappa shape index (κ2) is 9.75. The molecule has 1 aromatic heterocycles. The molecule has 32 heavy (non-hydrogen) atoms. The summed E-state index contributed by atoms with van der Waals surface area (Å²) in [6.07, 6.45) is 1.70. The molecular formula is C26H22N2O4. The van der Waals surface area contributed by atoms with Gasteiger partial charge in [-0.1, -0.05) is 60.7 Å². The Morgan fingerprint density at radius 3 is 2.34 bits per heavy atom. The van der Waals surface area contributed by atoms with Gasteiger partial charge in [-0.2, -0.15) is 0 Å². The van der Waals surface area contributed by atoms with Gasteiger partial charge in [-0.3, -0.25) is 9.78 Å². The molecule has 1 atom stereocenters. The lowest BCUT2D eigenvalue weighted by Gasteiger charge is -2.16. The van der Waals surface area contributed by atoms with Gasteiger partial charge in [0.1, 0.15) is 18.4 Å². The lowest BCUT2D eigenvalue weighted by atomic mass is 10.0. The Morgan fingerprint density at radius 2 is 1.59 bits per heavy atom. The fraction of sp³-hybridized carbons (Fsp3) is 0.115. The molecule has 6 heteroatoms. The average Bonchev–Trinajstić information content (AvgIpc) is 2.83. The van der Waals surface area contributed by atoms with Crippen molar-refractivity contribution in [3.8, 4) is 5.75 Å². The molecule has 1 heterocycles. The molecule has 1 amide bonds. The number of carbonyl (C=O) groups excluding carboxylic acids is 1. The van der Waals surface area contributed by atoms with Gasteiger partial charge in [-0.25, -0.2) is 4.79 Å². The van der Waals surface area contributed by atoms with Crippen LogP contribution in [0.3, 0.4) is 0 Å². The molecule has 0 aliphatic heterocycles. The third-order valence-corrected chi connectivity index (χ3v) is 5.11. The van der Waals surface area contributed by atoms with Crippen molar-refractivity contribution in [3.05, 3.63) is 108 Å². The molecule has 3 aromatic carbocycles. The zero-order chi connectivity index (χ0) is 22.3. The molecule has 4 aromatic rings. The number of hydrogen-bond acceptors (Lipinski definition) is 4. The summed E-state index contributed by atoms with van der Waals surface area (Å²) in [5.74, 6) is -0.850. The van der Waals surface area contributed by atoms with Crippen molar-refractivity contribution in [3.63, 3.8) is 0 Å². The minimum atomic E-state index is -1.10. The first-order chi connectivity index (χ1) is 15.6. The molecule has 4 rings (SSSR count). The Balaban J connectivity index is 1.42. The van der Waals surface area contributed by atoms with Gasteiger partial charge in [0, 0.05) is 18.0 Å². The van der Waals surface area contributed by atoms with E-state index in [1.54, 1.807) is 30.5 Å². The zero-order valence-electron chi connectivity index (χ0n) is 17.3. The Bertz CT molecular complexity index is 1220. The van der Waals surface area contributed by atoms with Crippen LogP contribution in [-0.4, -0.2) is 28.0 Å². The number of fused-ring (bicyclic) bond motifs is 1. The van der Waals surface area contributed by atoms with Gasteiger partial charge < -0.3 is 15.2 Å². The van der Waals surface area contributed by atoms with Gasteiger partial charge in [-0.15, -0.1) is 0 Å². The van der Waals surface area contributed by atoms with Gasteiger partial charge >= 0.3 is 5.97 Å². The highest BCUT2D eigenvalue weighted by Gasteiger charge is 2.22. The summed E-state index contributed by atoms with van der Waals surface area (Å²) in [6, 6.07) is 24.8. The monoisotopic (exact) mass is 426 g/mol. The minimum Gasteiger partial charge on any atom is -0.489 e. The Labute approximate surface area is 185 Å². The van der Waals surface area contributed by atoms with Gasteiger partial charge in [0.05, 0.1) is 11.1 Å². The number of nitrogens with one attached hydrogen (secondary N) is 1. The highest BCUT2D eigenvalue weighted by molar-refractivity contribution is 6.06. The molecule has 2 N–H and O–H groups in total. The zero-order valence-corrected chi connectivity index (χ0v) is 17.3. The summed E-state index contributed by atoms with van der Waals surface area (Å²) >= 11 is 0. The van der Waals surface area contributed by atoms with E-state index in [0.29, 0.717) is 28.8 Å². The fourth-order valence-corrected chi connectivity index (χ4v) is 3.43. The van der Waals surface area contributed by atoms with E-state index in [9.17, 15) is 14.7 Å². The lowest BCUT2D eigenvalue weighted by Crippen LogP contribution is -2.42. The number of benzene rings is 3. The summed E-state index contributed by atoms with van der Waals surface area (Å²) < 4.78 is 5.77. The molecule has 0 saturated heterocycles. The van der Waals surface area contributed by atoms with E-state index in [2.05, 4.69) is 10.3 Å². The molecule has 0 bridgehead atoms.